The quantitative estimate of drug-likeness (QED) is 0.699. The van der Waals surface area contributed by atoms with Crippen LogP contribution in [0.3, 0.4) is 0 Å². The van der Waals surface area contributed by atoms with E-state index in [0.29, 0.717) is 22.3 Å². The van der Waals surface area contributed by atoms with Crippen LogP contribution in [0.25, 0.3) is 0 Å². The fourth-order valence-corrected chi connectivity index (χ4v) is 4.60. The largest absolute Gasteiger partial charge is 0.339 e. The first-order chi connectivity index (χ1) is 13.3. The van der Waals surface area contributed by atoms with Crippen molar-refractivity contribution in [3.05, 3.63) is 64.7 Å². The average Bonchev–Trinajstić information content (AvgIpc) is 3.20. The Bertz CT molecular complexity index is 921. The minimum Gasteiger partial charge on any atom is -0.339 e. The van der Waals surface area contributed by atoms with Gasteiger partial charge in [-0.3, -0.25) is 9.10 Å². The fraction of sp³-hybridized carbons (Fsp3) is 0.381. The van der Waals surface area contributed by atoms with Crippen molar-refractivity contribution in [2.45, 2.75) is 38.3 Å². The molecule has 2 aromatic carbocycles. The number of rotatable bonds is 6. The monoisotopic (exact) mass is 420 g/mol. The summed E-state index contributed by atoms with van der Waals surface area (Å²) in [5.74, 6) is -0.0259. The second-order valence-electron chi connectivity index (χ2n) is 7.30. The zero-order valence-corrected chi connectivity index (χ0v) is 17.7. The van der Waals surface area contributed by atoms with E-state index in [1.165, 1.54) is 10.6 Å². The number of benzene rings is 2. The summed E-state index contributed by atoms with van der Waals surface area (Å²) in [5, 5.41) is 0.601. The van der Waals surface area contributed by atoms with E-state index in [0.717, 1.165) is 31.2 Å². The maximum Gasteiger partial charge on any atom is 0.253 e. The van der Waals surface area contributed by atoms with Crippen molar-refractivity contribution >= 4 is 33.2 Å². The molecular formula is C21H25ClN2O3S. The second-order valence-corrected chi connectivity index (χ2v) is 9.64. The summed E-state index contributed by atoms with van der Waals surface area (Å²) in [5.41, 5.74) is 1.92. The maximum atomic E-state index is 12.7. The van der Waals surface area contributed by atoms with Gasteiger partial charge in [0.1, 0.15) is 0 Å². The molecule has 150 valence electrons. The number of carbonyl (C=O) groups is 1. The summed E-state index contributed by atoms with van der Waals surface area (Å²) in [6.45, 7) is 0.200. The van der Waals surface area contributed by atoms with Gasteiger partial charge in [0.2, 0.25) is 10.0 Å². The lowest BCUT2D eigenvalue weighted by Crippen LogP contribution is -2.35. The third-order valence-electron chi connectivity index (χ3n) is 5.23. The topological polar surface area (TPSA) is 57.7 Å². The molecule has 1 saturated carbocycles. The van der Waals surface area contributed by atoms with Crippen LogP contribution in [0.4, 0.5) is 5.69 Å². The highest BCUT2D eigenvalue weighted by Crippen LogP contribution is 2.25. The first-order valence-corrected chi connectivity index (χ1v) is 11.6. The van der Waals surface area contributed by atoms with Gasteiger partial charge >= 0.3 is 0 Å². The lowest BCUT2D eigenvalue weighted by molar-refractivity contribution is 0.0735. The van der Waals surface area contributed by atoms with Crippen molar-refractivity contribution in [1.29, 1.82) is 0 Å². The number of anilines is 1. The third-order valence-corrected chi connectivity index (χ3v) is 6.63. The Morgan fingerprint density at radius 3 is 2.14 bits per heavy atom. The van der Waals surface area contributed by atoms with Gasteiger partial charge in [0.15, 0.2) is 0 Å². The molecular weight excluding hydrogens is 396 g/mol. The molecule has 0 aliphatic heterocycles. The van der Waals surface area contributed by atoms with Crippen molar-refractivity contribution < 1.29 is 13.2 Å². The summed E-state index contributed by atoms with van der Waals surface area (Å²) in [7, 11) is -1.64. The Kier molecular flexibility index (Phi) is 6.30. The SMILES string of the molecule is CN(C(=O)c1ccc(N(Cc2ccc(Cl)cc2)S(C)(=O)=O)cc1)C1CCCC1. The van der Waals surface area contributed by atoms with E-state index in [-0.39, 0.29) is 12.5 Å². The van der Waals surface area contributed by atoms with Gasteiger partial charge in [-0.25, -0.2) is 8.42 Å². The van der Waals surface area contributed by atoms with Crippen molar-refractivity contribution in [3.8, 4) is 0 Å². The summed E-state index contributed by atoms with van der Waals surface area (Å²) in [4.78, 5) is 14.5. The first kappa shape index (κ1) is 20.7. The zero-order chi connectivity index (χ0) is 20.3. The van der Waals surface area contributed by atoms with E-state index < -0.39 is 10.0 Å². The van der Waals surface area contributed by atoms with Crippen LogP contribution in [-0.2, 0) is 16.6 Å². The van der Waals surface area contributed by atoms with Gasteiger partial charge in [0.25, 0.3) is 5.91 Å². The van der Waals surface area contributed by atoms with Crippen molar-refractivity contribution in [1.82, 2.24) is 4.90 Å². The zero-order valence-electron chi connectivity index (χ0n) is 16.1. The smallest absolute Gasteiger partial charge is 0.253 e. The third kappa shape index (κ3) is 4.86. The molecule has 0 atom stereocenters. The van der Waals surface area contributed by atoms with Gasteiger partial charge < -0.3 is 4.90 Å². The molecule has 0 heterocycles. The van der Waals surface area contributed by atoms with Crippen LogP contribution in [-0.4, -0.2) is 38.6 Å². The molecule has 1 amide bonds. The minimum absolute atomic E-state index is 0.0259. The number of sulfonamides is 1. The predicted octanol–water partition coefficient (Wildman–Crippen LogP) is 4.32. The Balaban J connectivity index is 1.80. The molecule has 0 N–H and O–H groups in total. The molecule has 2 aromatic rings. The van der Waals surface area contributed by atoms with E-state index in [2.05, 4.69) is 0 Å². The minimum atomic E-state index is -3.48. The van der Waals surface area contributed by atoms with E-state index >= 15 is 0 Å². The highest BCUT2D eigenvalue weighted by Gasteiger charge is 2.25. The Labute approximate surface area is 172 Å². The average molecular weight is 421 g/mol. The summed E-state index contributed by atoms with van der Waals surface area (Å²) in [6.07, 6.45) is 5.59. The van der Waals surface area contributed by atoms with Gasteiger partial charge in [-0.15, -0.1) is 0 Å². The number of amides is 1. The van der Waals surface area contributed by atoms with Gasteiger partial charge in [-0.1, -0.05) is 36.6 Å². The van der Waals surface area contributed by atoms with E-state index in [1.54, 1.807) is 48.5 Å². The lowest BCUT2D eigenvalue weighted by Gasteiger charge is -2.25. The summed E-state index contributed by atoms with van der Waals surface area (Å²) >= 11 is 5.91. The number of nitrogens with zero attached hydrogens (tertiary/aromatic N) is 2. The maximum absolute atomic E-state index is 12.7. The van der Waals surface area contributed by atoms with E-state index in [1.807, 2.05) is 11.9 Å². The molecule has 7 heteroatoms. The molecule has 0 radical (unpaired) electrons. The second kappa shape index (κ2) is 8.53. The van der Waals surface area contributed by atoms with Crippen molar-refractivity contribution in [3.63, 3.8) is 0 Å². The Morgan fingerprint density at radius 2 is 1.61 bits per heavy atom. The van der Waals surface area contributed by atoms with Crippen LogP contribution in [0.15, 0.2) is 48.5 Å². The van der Waals surface area contributed by atoms with Gasteiger partial charge in [0, 0.05) is 23.7 Å². The molecule has 28 heavy (non-hydrogen) atoms. The summed E-state index contributed by atoms with van der Waals surface area (Å²) in [6, 6.07) is 14.1. The lowest BCUT2D eigenvalue weighted by atomic mass is 10.1. The summed E-state index contributed by atoms with van der Waals surface area (Å²) < 4.78 is 26.0. The number of carbonyl (C=O) groups excluding carboxylic acids is 1. The van der Waals surface area contributed by atoms with Crippen LogP contribution in [0, 0.1) is 0 Å². The normalized spacial score (nSPS) is 14.8. The Hall–Kier alpha value is -2.05. The van der Waals surface area contributed by atoms with E-state index in [9.17, 15) is 13.2 Å². The number of hydrogen-bond acceptors (Lipinski definition) is 3. The van der Waals surface area contributed by atoms with Gasteiger partial charge in [-0.2, -0.15) is 0 Å². The van der Waals surface area contributed by atoms with Crippen molar-refractivity contribution in [2.24, 2.45) is 0 Å². The van der Waals surface area contributed by atoms with Crippen LogP contribution in [0.1, 0.15) is 41.6 Å². The molecule has 0 unspecified atom stereocenters. The van der Waals surface area contributed by atoms with Crippen molar-refractivity contribution in [2.75, 3.05) is 17.6 Å². The molecule has 1 fully saturated rings. The van der Waals surface area contributed by atoms with Crippen LogP contribution >= 0.6 is 11.6 Å². The molecule has 0 spiro atoms. The molecule has 0 saturated heterocycles. The fourth-order valence-electron chi connectivity index (χ4n) is 3.59. The molecule has 3 rings (SSSR count). The van der Waals surface area contributed by atoms with Crippen LogP contribution in [0.5, 0.6) is 0 Å². The number of hydrogen-bond donors (Lipinski definition) is 0. The van der Waals surface area contributed by atoms with Gasteiger partial charge in [0.05, 0.1) is 18.5 Å². The molecule has 1 aliphatic carbocycles. The van der Waals surface area contributed by atoms with E-state index in [4.69, 9.17) is 11.6 Å². The predicted molar refractivity (Wildman–Crippen MR) is 113 cm³/mol. The molecule has 0 bridgehead atoms. The molecule has 1 aliphatic rings. The molecule has 0 aromatic heterocycles. The highest BCUT2D eigenvalue weighted by molar-refractivity contribution is 7.92. The first-order valence-electron chi connectivity index (χ1n) is 9.35. The number of halogens is 1. The van der Waals surface area contributed by atoms with Crippen LogP contribution < -0.4 is 4.31 Å². The Morgan fingerprint density at radius 1 is 1.04 bits per heavy atom. The van der Waals surface area contributed by atoms with Crippen LogP contribution in [0.2, 0.25) is 5.02 Å². The standard InChI is InChI=1S/C21H25ClN2O3S/c1-23(19-5-3-4-6-19)21(25)17-9-13-20(14-10-17)24(28(2,26)27)15-16-7-11-18(22)12-8-16/h7-14,19H,3-6,15H2,1-2H3. The van der Waals surface area contributed by atoms with Gasteiger partial charge in [-0.05, 0) is 54.8 Å². The highest BCUT2D eigenvalue weighted by atomic mass is 35.5. The molecule has 5 nitrogen and oxygen atoms in total.